The summed E-state index contributed by atoms with van der Waals surface area (Å²) in [5.41, 5.74) is 0. The highest BCUT2D eigenvalue weighted by Crippen LogP contribution is 2.23. The van der Waals surface area contributed by atoms with Crippen molar-refractivity contribution in [2.45, 2.75) is 38.6 Å². The summed E-state index contributed by atoms with van der Waals surface area (Å²) in [7, 11) is 0. The van der Waals surface area contributed by atoms with Crippen LogP contribution >= 0.6 is 15.9 Å². The lowest BCUT2D eigenvalue weighted by atomic mass is 9.86. The maximum Gasteiger partial charge on any atom is 0.258 e. The van der Waals surface area contributed by atoms with E-state index in [4.69, 9.17) is 4.74 Å². The normalized spacial score (nSPS) is 22.8. The van der Waals surface area contributed by atoms with E-state index in [-0.39, 0.29) is 12.5 Å². The van der Waals surface area contributed by atoms with E-state index in [0.29, 0.717) is 17.7 Å². The Balaban J connectivity index is 1.78. The zero-order chi connectivity index (χ0) is 13.7. The molecule has 3 nitrogen and oxygen atoms in total. The topological polar surface area (TPSA) is 38.3 Å². The number of carbonyl (C=O) groups is 1. The molecule has 4 heteroatoms. The van der Waals surface area contributed by atoms with Crippen molar-refractivity contribution in [3.05, 3.63) is 28.7 Å². The maximum absolute atomic E-state index is 11.9. The summed E-state index contributed by atoms with van der Waals surface area (Å²) >= 11 is 3.38. The van der Waals surface area contributed by atoms with Crippen LogP contribution in [0, 0.1) is 5.92 Å². The van der Waals surface area contributed by atoms with Crippen molar-refractivity contribution in [2.75, 3.05) is 6.61 Å². The lowest BCUT2D eigenvalue weighted by molar-refractivity contribution is -0.124. The van der Waals surface area contributed by atoms with Crippen LogP contribution in [-0.4, -0.2) is 18.6 Å². The van der Waals surface area contributed by atoms with Gasteiger partial charge >= 0.3 is 0 Å². The molecule has 2 unspecified atom stereocenters. The monoisotopic (exact) mass is 325 g/mol. The first kappa shape index (κ1) is 14.4. The minimum absolute atomic E-state index is 0.0290. The smallest absolute Gasteiger partial charge is 0.258 e. The predicted octanol–water partition coefficient (Wildman–Crippen LogP) is 3.52. The van der Waals surface area contributed by atoms with E-state index in [1.165, 1.54) is 19.3 Å². The lowest BCUT2D eigenvalue weighted by Crippen LogP contribution is -2.43. The Morgan fingerprint density at radius 2 is 2.21 bits per heavy atom. The third-order valence-corrected chi connectivity index (χ3v) is 4.12. The molecule has 104 valence electrons. The van der Waals surface area contributed by atoms with Gasteiger partial charge in [-0.05, 0) is 37.0 Å². The highest BCUT2D eigenvalue weighted by atomic mass is 79.9. The number of rotatable bonds is 4. The van der Waals surface area contributed by atoms with Crippen molar-refractivity contribution in [3.8, 4) is 5.75 Å². The van der Waals surface area contributed by atoms with Crippen LogP contribution < -0.4 is 10.1 Å². The number of nitrogens with one attached hydrogen (secondary N) is 1. The molecule has 0 heterocycles. The number of hydrogen-bond donors (Lipinski definition) is 1. The average Bonchev–Trinajstić information content (AvgIpc) is 2.39. The van der Waals surface area contributed by atoms with Crippen LogP contribution in [0.25, 0.3) is 0 Å². The van der Waals surface area contributed by atoms with Gasteiger partial charge in [-0.1, -0.05) is 41.8 Å². The summed E-state index contributed by atoms with van der Waals surface area (Å²) in [6.07, 6.45) is 4.78. The fraction of sp³-hybridized carbons (Fsp3) is 0.533. The molecular formula is C15H20BrNO2. The van der Waals surface area contributed by atoms with Gasteiger partial charge < -0.3 is 10.1 Å². The molecule has 0 bridgehead atoms. The Morgan fingerprint density at radius 1 is 1.42 bits per heavy atom. The maximum atomic E-state index is 11.9. The first-order valence-corrected chi connectivity index (χ1v) is 7.62. The van der Waals surface area contributed by atoms with Crippen molar-refractivity contribution in [3.63, 3.8) is 0 Å². The molecule has 1 aliphatic rings. The molecule has 0 aliphatic heterocycles. The molecule has 0 spiro atoms. The predicted molar refractivity (Wildman–Crippen MR) is 79.2 cm³/mol. The van der Waals surface area contributed by atoms with Crippen LogP contribution in [0.5, 0.6) is 5.75 Å². The van der Waals surface area contributed by atoms with E-state index in [1.54, 1.807) is 0 Å². The zero-order valence-corrected chi connectivity index (χ0v) is 12.8. The Kier molecular flexibility index (Phi) is 5.25. The second-order valence-electron chi connectivity index (χ2n) is 5.18. The fourth-order valence-electron chi connectivity index (χ4n) is 2.48. The SMILES string of the molecule is CC1CCCCC1NC(=O)COc1cccc(Br)c1. The van der Waals surface area contributed by atoms with Gasteiger partial charge in [-0.15, -0.1) is 0 Å². The molecule has 1 N–H and O–H groups in total. The summed E-state index contributed by atoms with van der Waals surface area (Å²) in [6, 6.07) is 7.84. The van der Waals surface area contributed by atoms with E-state index in [0.717, 1.165) is 10.9 Å². The van der Waals surface area contributed by atoms with Crippen molar-refractivity contribution in [2.24, 2.45) is 5.92 Å². The summed E-state index contributed by atoms with van der Waals surface area (Å²) in [5.74, 6) is 1.25. The minimum atomic E-state index is -0.0290. The molecule has 0 saturated heterocycles. The summed E-state index contributed by atoms with van der Waals surface area (Å²) in [6.45, 7) is 2.29. The molecule has 1 aromatic carbocycles. The van der Waals surface area contributed by atoms with E-state index in [2.05, 4.69) is 28.2 Å². The minimum Gasteiger partial charge on any atom is -0.484 e. The van der Waals surface area contributed by atoms with Crippen LogP contribution in [0.2, 0.25) is 0 Å². The Labute approximate surface area is 122 Å². The average molecular weight is 326 g/mol. The molecule has 1 aromatic rings. The largest absolute Gasteiger partial charge is 0.484 e. The molecule has 0 aromatic heterocycles. The fourth-order valence-corrected chi connectivity index (χ4v) is 2.86. The molecule has 19 heavy (non-hydrogen) atoms. The van der Waals surface area contributed by atoms with E-state index < -0.39 is 0 Å². The lowest BCUT2D eigenvalue weighted by Gasteiger charge is -2.29. The van der Waals surface area contributed by atoms with Gasteiger partial charge in [0.05, 0.1) is 0 Å². The zero-order valence-electron chi connectivity index (χ0n) is 11.2. The molecule has 2 rings (SSSR count). The van der Waals surface area contributed by atoms with Crippen LogP contribution in [-0.2, 0) is 4.79 Å². The summed E-state index contributed by atoms with van der Waals surface area (Å²) in [5, 5.41) is 3.08. The number of ether oxygens (including phenoxy) is 1. The van der Waals surface area contributed by atoms with Crippen molar-refractivity contribution in [1.82, 2.24) is 5.32 Å². The Hall–Kier alpha value is -1.03. The van der Waals surface area contributed by atoms with Gasteiger partial charge in [0.25, 0.3) is 5.91 Å². The standard InChI is InChI=1S/C15H20BrNO2/c1-11-5-2-3-8-14(11)17-15(18)10-19-13-7-4-6-12(16)9-13/h4,6-7,9,11,14H,2-3,5,8,10H2,1H3,(H,17,18). The highest BCUT2D eigenvalue weighted by molar-refractivity contribution is 9.10. The van der Waals surface area contributed by atoms with Gasteiger partial charge in [-0.3, -0.25) is 4.79 Å². The van der Waals surface area contributed by atoms with Gasteiger partial charge in [0.2, 0.25) is 0 Å². The highest BCUT2D eigenvalue weighted by Gasteiger charge is 2.22. The first-order chi connectivity index (χ1) is 9.15. The van der Waals surface area contributed by atoms with Gasteiger partial charge in [0.15, 0.2) is 6.61 Å². The quantitative estimate of drug-likeness (QED) is 0.919. The number of amides is 1. The second kappa shape index (κ2) is 6.94. The third kappa shape index (κ3) is 4.53. The van der Waals surface area contributed by atoms with E-state index in [1.807, 2.05) is 24.3 Å². The molecular weight excluding hydrogens is 306 g/mol. The molecule has 1 amide bonds. The van der Waals surface area contributed by atoms with Crippen LogP contribution in [0.4, 0.5) is 0 Å². The number of hydrogen-bond acceptors (Lipinski definition) is 2. The van der Waals surface area contributed by atoms with Crippen molar-refractivity contribution < 1.29 is 9.53 Å². The number of benzene rings is 1. The van der Waals surface area contributed by atoms with Crippen molar-refractivity contribution in [1.29, 1.82) is 0 Å². The Bertz CT molecular complexity index is 436. The Morgan fingerprint density at radius 3 is 2.95 bits per heavy atom. The summed E-state index contributed by atoms with van der Waals surface area (Å²) in [4.78, 5) is 11.9. The van der Waals surface area contributed by atoms with Crippen molar-refractivity contribution >= 4 is 21.8 Å². The molecule has 2 atom stereocenters. The van der Waals surface area contributed by atoms with E-state index >= 15 is 0 Å². The van der Waals surface area contributed by atoms with Gasteiger partial charge in [0, 0.05) is 10.5 Å². The van der Waals surface area contributed by atoms with Crippen LogP contribution in [0.3, 0.4) is 0 Å². The third-order valence-electron chi connectivity index (χ3n) is 3.62. The number of halogens is 1. The molecule has 1 saturated carbocycles. The van der Waals surface area contributed by atoms with Crippen LogP contribution in [0.15, 0.2) is 28.7 Å². The van der Waals surface area contributed by atoms with Gasteiger partial charge in [-0.25, -0.2) is 0 Å². The molecule has 1 aliphatic carbocycles. The first-order valence-electron chi connectivity index (χ1n) is 6.83. The van der Waals surface area contributed by atoms with Gasteiger partial charge in [-0.2, -0.15) is 0 Å². The molecule has 0 radical (unpaired) electrons. The number of carbonyl (C=O) groups excluding carboxylic acids is 1. The molecule has 1 fully saturated rings. The van der Waals surface area contributed by atoms with E-state index in [9.17, 15) is 4.79 Å². The second-order valence-corrected chi connectivity index (χ2v) is 6.10. The van der Waals surface area contributed by atoms with Crippen LogP contribution in [0.1, 0.15) is 32.6 Å². The summed E-state index contributed by atoms with van der Waals surface area (Å²) < 4.78 is 6.43. The van der Waals surface area contributed by atoms with Gasteiger partial charge in [0.1, 0.15) is 5.75 Å².